The molecule has 2 rings (SSSR count). The van der Waals surface area contributed by atoms with Gasteiger partial charge in [-0.2, -0.15) is 5.10 Å². The molecular weight excluding hydrogens is 272 g/mol. The summed E-state index contributed by atoms with van der Waals surface area (Å²) in [6, 6.07) is 10.1. The first-order chi connectivity index (χ1) is 9.54. The lowest BCUT2D eigenvalue weighted by molar-refractivity contribution is 0.140. The molecular formula is C16H21ClN2O. The number of aliphatic hydroxyl groups excluding tert-OH is 1. The molecule has 2 atom stereocenters. The van der Waals surface area contributed by atoms with Crippen molar-refractivity contribution in [2.45, 2.75) is 38.7 Å². The molecule has 0 bridgehead atoms. The number of aromatic nitrogens is 2. The minimum Gasteiger partial charge on any atom is -0.392 e. The van der Waals surface area contributed by atoms with E-state index < -0.39 is 6.10 Å². The summed E-state index contributed by atoms with van der Waals surface area (Å²) in [5, 5.41) is 15.5. The second kappa shape index (κ2) is 6.42. The van der Waals surface area contributed by atoms with Gasteiger partial charge in [0, 0.05) is 24.9 Å². The summed E-state index contributed by atoms with van der Waals surface area (Å²) in [5.74, 6) is 0.117. The largest absolute Gasteiger partial charge is 0.392 e. The lowest BCUT2D eigenvalue weighted by Gasteiger charge is -2.22. The molecule has 2 unspecified atom stereocenters. The van der Waals surface area contributed by atoms with E-state index >= 15 is 0 Å². The van der Waals surface area contributed by atoms with Crippen molar-refractivity contribution in [3.05, 3.63) is 52.3 Å². The molecule has 1 N–H and O–H groups in total. The van der Waals surface area contributed by atoms with Gasteiger partial charge in [-0.1, -0.05) is 48.9 Å². The fourth-order valence-corrected chi connectivity index (χ4v) is 2.94. The van der Waals surface area contributed by atoms with Crippen LogP contribution in [-0.4, -0.2) is 21.0 Å². The molecule has 0 radical (unpaired) electrons. The van der Waals surface area contributed by atoms with Crippen LogP contribution < -0.4 is 0 Å². The molecule has 1 aromatic heterocycles. The molecule has 0 saturated heterocycles. The molecule has 3 nitrogen and oxygen atoms in total. The number of hydrogen-bond donors (Lipinski definition) is 1. The van der Waals surface area contributed by atoms with Crippen LogP contribution in [0.4, 0.5) is 0 Å². The first kappa shape index (κ1) is 15.1. The van der Waals surface area contributed by atoms with Gasteiger partial charge in [0.15, 0.2) is 0 Å². The van der Waals surface area contributed by atoms with Gasteiger partial charge in [0.1, 0.15) is 5.15 Å². The van der Waals surface area contributed by atoms with Crippen molar-refractivity contribution in [1.29, 1.82) is 0 Å². The molecule has 20 heavy (non-hydrogen) atoms. The fraction of sp³-hybridized carbons (Fsp3) is 0.438. The summed E-state index contributed by atoms with van der Waals surface area (Å²) in [6.45, 7) is 4.02. The van der Waals surface area contributed by atoms with E-state index in [-0.39, 0.29) is 5.92 Å². The van der Waals surface area contributed by atoms with Gasteiger partial charge in [-0.05, 0) is 18.9 Å². The highest BCUT2D eigenvalue weighted by molar-refractivity contribution is 6.30. The van der Waals surface area contributed by atoms with Crippen LogP contribution in [0.25, 0.3) is 0 Å². The van der Waals surface area contributed by atoms with E-state index in [1.165, 1.54) is 5.56 Å². The van der Waals surface area contributed by atoms with Crippen molar-refractivity contribution < 1.29 is 5.11 Å². The molecule has 1 aromatic carbocycles. The monoisotopic (exact) mass is 292 g/mol. The van der Waals surface area contributed by atoms with E-state index in [1.807, 2.05) is 32.2 Å². The maximum absolute atomic E-state index is 10.6. The molecule has 108 valence electrons. The van der Waals surface area contributed by atoms with Gasteiger partial charge in [-0.25, -0.2) is 0 Å². The number of aryl methyl sites for hydroxylation is 2. The average molecular weight is 293 g/mol. The van der Waals surface area contributed by atoms with Crippen LogP contribution in [0.5, 0.6) is 0 Å². The van der Waals surface area contributed by atoms with Crippen molar-refractivity contribution in [3.8, 4) is 0 Å². The topological polar surface area (TPSA) is 38.1 Å². The zero-order valence-corrected chi connectivity index (χ0v) is 12.9. The number of rotatable bonds is 5. The minimum atomic E-state index is -0.456. The van der Waals surface area contributed by atoms with Crippen LogP contribution in [0.15, 0.2) is 30.3 Å². The van der Waals surface area contributed by atoms with Gasteiger partial charge >= 0.3 is 0 Å². The van der Waals surface area contributed by atoms with Crippen LogP contribution in [0.2, 0.25) is 5.15 Å². The summed E-state index contributed by atoms with van der Waals surface area (Å²) in [6.07, 6.45) is 0.969. The van der Waals surface area contributed by atoms with E-state index in [1.54, 1.807) is 4.68 Å². The summed E-state index contributed by atoms with van der Waals surface area (Å²) < 4.78 is 1.66. The van der Waals surface area contributed by atoms with Crippen LogP contribution >= 0.6 is 11.6 Å². The van der Waals surface area contributed by atoms with Crippen molar-refractivity contribution in [3.63, 3.8) is 0 Å². The van der Waals surface area contributed by atoms with Gasteiger partial charge in [0.05, 0.1) is 11.8 Å². The van der Waals surface area contributed by atoms with Crippen LogP contribution in [0, 0.1) is 6.92 Å². The highest BCUT2D eigenvalue weighted by atomic mass is 35.5. The second-order valence-corrected chi connectivity index (χ2v) is 5.53. The molecule has 0 aliphatic rings. The summed E-state index contributed by atoms with van der Waals surface area (Å²) in [7, 11) is 1.82. The Hall–Kier alpha value is -1.32. The van der Waals surface area contributed by atoms with Crippen molar-refractivity contribution >= 4 is 11.6 Å². The molecule has 0 aliphatic heterocycles. The molecule has 0 aliphatic carbocycles. The SMILES string of the molecule is CCC(c1ccccc1)C(O)Cc1c(C)nn(C)c1Cl. The first-order valence-corrected chi connectivity index (χ1v) is 7.33. The molecule has 1 heterocycles. The number of nitrogens with zero attached hydrogens (tertiary/aromatic N) is 2. The Morgan fingerprint density at radius 1 is 1.30 bits per heavy atom. The Kier molecular flexibility index (Phi) is 4.84. The quantitative estimate of drug-likeness (QED) is 0.916. The number of aliphatic hydroxyl groups is 1. The average Bonchev–Trinajstić information content (AvgIpc) is 2.67. The summed E-state index contributed by atoms with van der Waals surface area (Å²) in [4.78, 5) is 0. The minimum absolute atomic E-state index is 0.117. The van der Waals surface area contributed by atoms with E-state index in [0.717, 1.165) is 17.7 Å². The third-order valence-corrected chi connectivity index (χ3v) is 4.29. The first-order valence-electron chi connectivity index (χ1n) is 6.95. The van der Waals surface area contributed by atoms with E-state index in [4.69, 9.17) is 11.6 Å². The Morgan fingerprint density at radius 2 is 1.95 bits per heavy atom. The molecule has 0 saturated carbocycles. The van der Waals surface area contributed by atoms with Gasteiger partial charge in [-0.3, -0.25) is 4.68 Å². The van der Waals surface area contributed by atoms with E-state index in [0.29, 0.717) is 11.6 Å². The maximum atomic E-state index is 10.6. The van der Waals surface area contributed by atoms with Gasteiger partial charge < -0.3 is 5.11 Å². The number of hydrogen-bond acceptors (Lipinski definition) is 2. The normalized spacial score (nSPS) is 14.2. The third kappa shape index (κ3) is 3.05. The van der Waals surface area contributed by atoms with Crippen molar-refractivity contribution in [1.82, 2.24) is 9.78 Å². The lowest BCUT2D eigenvalue weighted by Crippen LogP contribution is -2.21. The van der Waals surface area contributed by atoms with Crippen molar-refractivity contribution in [2.24, 2.45) is 7.05 Å². The smallest absolute Gasteiger partial charge is 0.130 e. The summed E-state index contributed by atoms with van der Waals surface area (Å²) in [5.41, 5.74) is 3.00. The maximum Gasteiger partial charge on any atom is 0.130 e. The van der Waals surface area contributed by atoms with Gasteiger partial charge in [-0.15, -0.1) is 0 Å². The molecule has 0 amide bonds. The van der Waals surface area contributed by atoms with Gasteiger partial charge in [0.25, 0.3) is 0 Å². The molecule has 0 fully saturated rings. The lowest BCUT2D eigenvalue weighted by atomic mass is 9.88. The Bertz CT molecular complexity index is 565. The fourth-order valence-electron chi connectivity index (χ4n) is 2.69. The van der Waals surface area contributed by atoms with E-state index in [2.05, 4.69) is 24.2 Å². The third-order valence-electron chi connectivity index (χ3n) is 3.82. The zero-order chi connectivity index (χ0) is 14.7. The Balaban J connectivity index is 2.20. The highest BCUT2D eigenvalue weighted by Gasteiger charge is 2.23. The van der Waals surface area contributed by atoms with Crippen molar-refractivity contribution in [2.75, 3.05) is 0 Å². The molecule has 0 spiro atoms. The van der Waals surface area contributed by atoms with Crippen LogP contribution in [-0.2, 0) is 13.5 Å². The molecule has 2 aromatic rings. The summed E-state index contributed by atoms with van der Waals surface area (Å²) >= 11 is 6.24. The van der Waals surface area contributed by atoms with E-state index in [9.17, 15) is 5.11 Å². The second-order valence-electron chi connectivity index (χ2n) is 5.18. The van der Waals surface area contributed by atoms with Crippen LogP contribution in [0.1, 0.15) is 36.1 Å². The highest BCUT2D eigenvalue weighted by Crippen LogP contribution is 2.28. The Morgan fingerprint density at radius 3 is 2.45 bits per heavy atom. The Labute approximate surface area is 125 Å². The molecule has 4 heteroatoms. The van der Waals surface area contributed by atoms with Crippen LogP contribution in [0.3, 0.4) is 0 Å². The standard InChI is InChI=1S/C16H21ClN2O/c1-4-13(12-8-6-5-7-9-12)15(20)10-14-11(2)18-19(3)16(14)17/h5-9,13,15,20H,4,10H2,1-3H3. The van der Waals surface area contributed by atoms with Gasteiger partial charge in [0.2, 0.25) is 0 Å². The number of halogens is 1. The number of benzene rings is 1. The predicted octanol–water partition coefficient (Wildman–Crippen LogP) is 3.48. The zero-order valence-electron chi connectivity index (χ0n) is 12.2. The predicted molar refractivity (Wildman–Crippen MR) is 82.1 cm³/mol.